The molecule has 0 saturated carbocycles. The molecule has 4 heteroatoms. The van der Waals surface area contributed by atoms with Crippen molar-refractivity contribution in [3.63, 3.8) is 0 Å². The third kappa shape index (κ3) is 7.43. The molecule has 2 aromatic rings. The van der Waals surface area contributed by atoms with Crippen molar-refractivity contribution in [1.82, 2.24) is 9.80 Å². The van der Waals surface area contributed by atoms with Crippen LogP contribution in [0.2, 0.25) is 0 Å². The van der Waals surface area contributed by atoms with Crippen LogP contribution in [-0.2, 0) is 9.59 Å². The lowest BCUT2D eigenvalue weighted by molar-refractivity contribution is -0.130. The second-order valence-corrected chi connectivity index (χ2v) is 10.7. The van der Waals surface area contributed by atoms with Crippen LogP contribution in [0.25, 0.3) is 0 Å². The third-order valence-corrected chi connectivity index (χ3v) is 7.13. The Balaban J connectivity index is 0.000000201. The van der Waals surface area contributed by atoms with Gasteiger partial charge in [0.2, 0.25) is 11.8 Å². The molecular formula is C32H42N2O2. The Kier molecular flexibility index (Phi) is 9.69. The first-order valence-corrected chi connectivity index (χ1v) is 13.1. The van der Waals surface area contributed by atoms with Crippen molar-refractivity contribution in [2.24, 2.45) is 11.8 Å². The van der Waals surface area contributed by atoms with E-state index in [4.69, 9.17) is 0 Å². The molecule has 2 aliphatic rings. The van der Waals surface area contributed by atoms with Gasteiger partial charge in [-0.1, -0.05) is 77.9 Å². The number of rotatable bonds is 7. The zero-order chi connectivity index (χ0) is 26.2. The summed E-state index contributed by atoms with van der Waals surface area (Å²) in [7, 11) is 0. The van der Waals surface area contributed by atoms with Gasteiger partial charge in [-0.2, -0.15) is 0 Å². The summed E-state index contributed by atoms with van der Waals surface area (Å²) in [6, 6.07) is 20.8. The molecule has 192 valence electrons. The summed E-state index contributed by atoms with van der Waals surface area (Å²) in [5, 5.41) is 0. The molecular weight excluding hydrogens is 444 g/mol. The van der Waals surface area contributed by atoms with E-state index in [1.165, 1.54) is 22.3 Å². The largest absolute Gasteiger partial charge is 0.336 e. The van der Waals surface area contributed by atoms with E-state index in [0.29, 0.717) is 24.7 Å². The maximum Gasteiger partial charge on any atom is 0.223 e. The topological polar surface area (TPSA) is 40.6 Å². The first-order valence-electron chi connectivity index (χ1n) is 13.1. The highest BCUT2D eigenvalue weighted by Gasteiger charge is 2.33. The molecule has 4 rings (SSSR count). The normalized spacial score (nSPS) is 21.0. The molecule has 0 aromatic heterocycles. The van der Waals surface area contributed by atoms with Crippen LogP contribution in [0.4, 0.5) is 0 Å². The lowest BCUT2D eigenvalue weighted by Gasteiger charge is -2.25. The van der Waals surface area contributed by atoms with Gasteiger partial charge >= 0.3 is 0 Å². The first-order chi connectivity index (χ1) is 17.2. The Morgan fingerprint density at radius 1 is 0.833 bits per heavy atom. The van der Waals surface area contributed by atoms with Gasteiger partial charge in [0.25, 0.3) is 0 Å². The summed E-state index contributed by atoms with van der Waals surface area (Å²) in [5.41, 5.74) is 4.88. The van der Waals surface area contributed by atoms with Crippen LogP contribution in [0.15, 0.2) is 84.5 Å². The van der Waals surface area contributed by atoms with Gasteiger partial charge in [0.05, 0.1) is 12.1 Å². The number of carbonyl (C=O) groups is 2. The summed E-state index contributed by atoms with van der Waals surface area (Å²) < 4.78 is 0. The second-order valence-electron chi connectivity index (χ2n) is 10.7. The summed E-state index contributed by atoms with van der Waals surface area (Å²) in [4.78, 5) is 28.2. The fourth-order valence-corrected chi connectivity index (χ4v) is 5.35. The molecule has 0 N–H and O–H groups in total. The maximum atomic E-state index is 12.1. The molecule has 2 heterocycles. The molecule has 2 fully saturated rings. The number of amides is 2. The van der Waals surface area contributed by atoms with E-state index in [1.807, 2.05) is 53.1 Å². The standard InChI is InChI=1S/2C16H21NO/c2*1-12(2)9-14-10-16(18)17(11-14)13(3)15-7-5-4-6-8-15/h4-9,13-14H,10-11H2,1-3H3;4-8,13-14H,1,9-11H2,2-3H3/t2*13-,14-/m00/s1. The molecule has 0 spiro atoms. The van der Waals surface area contributed by atoms with Crippen molar-refractivity contribution in [2.75, 3.05) is 13.1 Å². The Hall–Kier alpha value is -3.14. The number of hydrogen-bond acceptors (Lipinski definition) is 2. The molecule has 0 bridgehead atoms. The van der Waals surface area contributed by atoms with E-state index >= 15 is 0 Å². The van der Waals surface area contributed by atoms with Crippen LogP contribution in [-0.4, -0.2) is 34.7 Å². The number of allylic oxidation sites excluding steroid dienone is 2. The lowest BCUT2D eigenvalue weighted by Crippen LogP contribution is -2.28. The predicted molar refractivity (Wildman–Crippen MR) is 148 cm³/mol. The molecule has 2 amide bonds. The average Bonchev–Trinajstić information content (AvgIpc) is 3.39. The fourth-order valence-electron chi connectivity index (χ4n) is 5.35. The first kappa shape index (κ1) is 27.4. The van der Waals surface area contributed by atoms with E-state index in [9.17, 15) is 9.59 Å². The van der Waals surface area contributed by atoms with Crippen molar-refractivity contribution in [2.45, 2.75) is 66.0 Å². The monoisotopic (exact) mass is 486 g/mol. The molecule has 0 unspecified atom stereocenters. The highest BCUT2D eigenvalue weighted by molar-refractivity contribution is 5.80. The van der Waals surface area contributed by atoms with E-state index in [0.717, 1.165) is 19.5 Å². The predicted octanol–water partition coefficient (Wildman–Crippen LogP) is 7.12. The summed E-state index contributed by atoms with van der Waals surface area (Å²) >= 11 is 0. The molecule has 0 aliphatic carbocycles. The third-order valence-electron chi connectivity index (χ3n) is 7.13. The van der Waals surface area contributed by atoms with Crippen molar-refractivity contribution >= 4 is 11.8 Å². The van der Waals surface area contributed by atoms with Crippen LogP contribution in [0.3, 0.4) is 0 Å². The van der Waals surface area contributed by atoms with Gasteiger partial charge in [0.1, 0.15) is 0 Å². The SMILES string of the molecule is C=C(C)C[C@H]1CC(=O)N([C@@H](C)c2ccccc2)C1.CC(C)=C[C@H]1CC(=O)N([C@@H](C)c2ccccc2)C1. The van der Waals surface area contributed by atoms with Gasteiger partial charge in [-0.05, 0) is 58.1 Å². The highest BCUT2D eigenvalue weighted by Crippen LogP contribution is 2.31. The lowest BCUT2D eigenvalue weighted by atomic mass is 10.0. The van der Waals surface area contributed by atoms with Gasteiger partial charge in [-0.15, -0.1) is 6.58 Å². The molecule has 0 radical (unpaired) electrons. The Morgan fingerprint density at radius 2 is 1.31 bits per heavy atom. The summed E-state index contributed by atoms with van der Waals surface area (Å²) in [5.74, 6) is 1.38. The maximum absolute atomic E-state index is 12.1. The number of hydrogen-bond donors (Lipinski definition) is 0. The fraction of sp³-hybridized carbons (Fsp3) is 0.438. The van der Waals surface area contributed by atoms with Crippen LogP contribution in [0, 0.1) is 11.8 Å². The minimum atomic E-state index is 0.175. The van der Waals surface area contributed by atoms with Gasteiger partial charge in [0.15, 0.2) is 0 Å². The Bertz CT molecular complexity index is 1060. The molecule has 36 heavy (non-hydrogen) atoms. The van der Waals surface area contributed by atoms with Crippen molar-refractivity contribution in [1.29, 1.82) is 0 Å². The molecule has 4 atom stereocenters. The average molecular weight is 487 g/mol. The van der Waals surface area contributed by atoms with Gasteiger partial charge in [0, 0.05) is 31.8 Å². The highest BCUT2D eigenvalue weighted by atomic mass is 16.2. The minimum Gasteiger partial charge on any atom is -0.336 e. The molecule has 2 saturated heterocycles. The zero-order valence-electron chi connectivity index (χ0n) is 22.6. The Labute approximate surface area is 217 Å². The van der Waals surface area contributed by atoms with Gasteiger partial charge in [-0.25, -0.2) is 0 Å². The smallest absolute Gasteiger partial charge is 0.223 e. The number of benzene rings is 2. The van der Waals surface area contributed by atoms with Crippen LogP contribution in [0.1, 0.15) is 77.1 Å². The molecule has 2 aromatic carbocycles. The minimum absolute atomic E-state index is 0.175. The number of nitrogens with zero attached hydrogens (tertiary/aromatic N) is 2. The van der Waals surface area contributed by atoms with E-state index in [1.54, 1.807) is 0 Å². The number of likely N-dealkylation sites (tertiary alicyclic amines) is 2. The zero-order valence-corrected chi connectivity index (χ0v) is 22.6. The van der Waals surface area contributed by atoms with Crippen molar-refractivity contribution < 1.29 is 9.59 Å². The van der Waals surface area contributed by atoms with Crippen molar-refractivity contribution in [3.8, 4) is 0 Å². The van der Waals surface area contributed by atoms with Crippen molar-refractivity contribution in [3.05, 3.63) is 95.6 Å². The second kappa shape index (κ2) is 12.7. The van der Waals surface area contributed by atoms with Gasteiger partial charge in [-0.3, -0.25) is 9.59 Å². The number of carbonyl (C=O) groups excluding carboxylic acids is 2. The van der Waals surface area contributed by atoms with Crippen LogP contribution in [0.5, 0.6) is 0 Å². The van der Waals surface area contributed by atoms with Gasteiger partial charge < -0.3 is 9.80 Å². The molecule has 4 nitrogen and oxygen atoms in total. The van der Waals surface area contributed by atoms with Crippen LogP contribution >= 0.6 is 0 Å². The summed E-state index contributed by atoms with van der Waals surface area (Å²) in [6.45, 7) is 16.1. The van der Waals surface area contributed by atoms with E-state index < -0.39 is 0 Å². The summed E-state index contributed by atoms with van der Waals surface area (Å²) in [6.07, 6.45) is 4.51. The Morgan fingerprint density at radius 3 is 1.78 bits per heavy atom. The van der Waals surface area contributed by atoms with E-state index in [2.05, 4.69) is 64.6 Å². The molecule has 2 aliphatic heterocycles. The van der Waals surface area contributed by atoms with E-state index in [-0.39, 0.29) is 23.9 Å². The van der Waals surface area contributed by atoms with Crippen LogP contribution < -0.4 is 0 Å². The quantitative estimate of drug-likeness (QED) is 0.391.